The smallest absolute Gasteiger partial charge is 0.406 e. The lowest BCUT2D eigenvalue weighted by Gasteiger charge is -2.22. The van der Waals surface area contributed by atoms with Crippen LogP contribution in [0.1, 0.15) is 11.3 Å². The zero-order chi connectivity index (χ0) is 16.0. The number of halogens is 3. The van der Waals surface area contributed by atoms with Crippen molar-refractivity contribution in [2.24, 2.45) is 0 Å². The van der Waals surface area contributed by atoms with E-state index in [9.17, 15) is 22.8 Å². The van der Waals surface area contributed by atoms with Gasteiger partial charge >= 0.3 is 18.2 Å². The quantitative estimate of drug-likeness (QED) is 0.864. The van der Waals surface area contributed by atoms with E-state index in [1.807, 2.05) is 0 Å². The molecule has 9 heteroatoms. The summed E-state index contributed by atoms with van der Waals surface area (Å²) in [5.41, 5.74) is 1.35. The second-order valence-corrected chi connectivity index (χ2v) is 4.33. The van der Waals surface area contributed by atoms with E-state index >= 15 is 0 Å². The van der Waals surface area contributed by atoms with E-state index < -0.39 is 31.3 Å². The molecule has 0 atom stereocenters. The molecule has 2 N–H and O–H groups in total. The molecule has 0 aromatic carbocycles. The number of alkyl halides is 3. The molecular weight excluding hydrogens is 291 g/mol. The number of rotatable bonds is 5. The first-order valence-corrected chi connectivity index (χ1v) is 5.90. The van der Waals surface area contributed by atoms with E-state index in [-0.39, 0.29) is 11.4 Å². The number of carboxylic acids is 1. The van der Waals surface area contributed by atoms with Gasteiger partial charge in [0.15, 0.2) is 0 Å². The van der Waals surface area contributed by atoms with Gasteiger partial charge < -0.3 is 15.3 Å². The first-order valence-electron chi connectivity index (χ1n) is 5.90. The zero-order valence-corrected chi connectivity index (χ0v) is 11.1. The molecule has 0 saturated heterocycles. The number of aryl methyl sites for hydroxylation is 1. The number of urea groups is 1. The number of carbonyl (C=O) groups is 2. The molecule has 1 heterocycles. The first-order chi connectivity index (χ1) is 9.67. The Balaban J connectivity index is 2.63. The molecule has 0 spiro atoms. The molecule has 0 saturated carbocycles. The SMILES string of the molecule is Cc1ccc(CNC(=O)N(CC(=O)O)CC(F)(F)F)cn1. The zero-order valence-electron chi connectivity index (χ0n) is 11.1. The molecule has 0 unspecified atom stereocenters. The third-order valence-electron chi connectivity index (χ3n) is 2.40. The normalized spacial score (nSPS) is 11.0. The maximum atomic E-state index is 12.3. The Kier molecular flexibility index (Phi) is 5.51. The van der Waals surface area contributed by atoms with Crippen LogP contribution in [0.2, 0.25) is 0 Å². The van der Waals surface area contributed by atoms with Crippen LogP contribution in [0.25, 0.3) is 0 Å². The lowest BCUT2D eigenvalue weighted by Crippen LogP contribution is -2.46. The van der Waals surface area contributed by atoms with Crippen molar-refractivity contribution in [3.05, 3.63) is 29.6 Å². The van der Waals surface area contributed by atoms with Gasteiger partial charge in [-0.25, -0.2) is 4.79 Å². The van der Waals surface area contributed by atoms with Crippen LogP contribution in [0.5, 0.6) is 0 Å². The summed E-state index contributed by atoms with van der Waals surface area (Å²) in [6.45, 7) is -0.935. The first kappa shape index (κ1) is 16.7. The highest BCUT2D eigenvalue weighted by Crippen LogP contribution is 2.16. The van der Waals surface area contributed by atoms with Gasteiger partial charge in [0.05, 0.1) is 0 Å². The molecule has 1 aromatic heterocycles. The third-order valence-corrected chi connectivity index (χ3v) is 2.40. The molecule has 0 aliphatic heterocycles. The van der Waals surface area contributed by atoms with E-state index in [0.29, 0.717) is 5.56 Å². The van der Waals surface area contributed by atoms with Gasteiger partial charge in [-0.15, -0.1) is 0 Å². The van der Waals surface area contributed by atoms with E-state index in [2.05, 4.69) is 10.3 Å². The number of pyridine rings is 1. The molecule has 116 valence electrons. The van der Waals surface area contributed by atoms with Gasteiger partial charge in [0.1, 0.15) is 13.1 Å². The minimum absolute atomic E-state index is 0.0416. The summed E-state index contributed by atoms with van der Waals surface area (Å²) < 4.78 is 36.9. The Morgan fingerprint density at radius 1 is 1.38 bits per heavy atom. The summed E-state index contributed by atoms with van der Waals surface area (Å²) in [5.74, 6) is -1.52. The predicted octanol–water partition coefficient (Wildman–Crippen LogP) is 1.55. The van der Waals surface area contributed by atoms with Crippen LogP contribution in [-0.4, -0.2) is 46.3 Å². The Hall–Kier alpha value is -2.32. The maximum Gasteiger partial charge on any atom is 0.406 e. The number of nitrogens with one attached hydrogen (secondary N) is 1. The van der Waals surface area contributed by atoms with Crippen LogP contribution >= 0.6 is 0 Å². The monoisotopic (exact) mass is 305 g/mol. The Labute approximate surface area is 118 Å². The second-order valence-electron chi connectivity index (χ2n) is 4.33. The average molecular weight is 305 g/mol. The summed E-state index contributed by atoms with van der Waals surface area (Å²) in [5, 5.41) is 10.8. The molecule has 6 nitrogen and oxygen atoms in total. The minimum atomic E-state index is -4.67. The fourth-order valence-corrected chi connectivity index (χ4v) is 1.47. The molecule has 1 aromatic rings. The van der Waals surface area contributed by atoms with Gasteiger partial charge in [0, 0.05) is 18.4 Å². The topological polar surface area (TPSA) is 82.5 Å². The van der Waals surface area contributed by atoms with E-state index in [1.54, 1.807) is 19.1 Å². The molecule has 0 bridgehead atoms. The number of amides is 2. The number of hydrogen-bond donors (Lipinski definition) is 2. The third kappa shape index (κ3) is 6.59. The van der Waals surface area contributed by atoms with Crippen molar-refractivity contribution in [2.75, 3.05) is 13.1 Å². The van der Waals surface area contributed by atoms with Crippen molar-refractivity contribution in [3.8, 4) is 0 Å². The van der Waals surface area contributed by atoms with Crippen molar-refractivity contribution < 1.29 is 27.9 Å². The number of carbonyl (C=O) groups excluding carboxylic acids is 1. The minimum Gasteiger partial charge on any atom is -0.480 e. The highest BCUT2D eigenvalue weighted by atomic mass is 19.4. The summed E-state index contributed by atoms with van der Waals surface area (Å²) in [6.07, 6.45) is -3.20. The van der Waals surface area contributed by atoms with E-state index in [4.69, 9.17) is 5.11 Å². The molecule has 0 fully saturated rings. The predicted molar refractivity (Wildman–Crippen MR) is 66.5 cm³/mol. The summed E-state index contributed by atoms with van der Waals surface area (Å²) in [6, 6.07) is 2.25. The van der Waals surface area contributed by atoms with Crippen LogP contribution < -0.4 is 5.32 Å². The van der Waals surface area contributed by atoms with Crippen molar-refractivity contribution in [3.63, 3.8) is 0 Å². The van der Waals surface area contributed by atoms with Crippen molar-refractivity contribution >= 4 is 12.0 Å². The van der Waals surface area contributed by atoms with Crippen LogP contribution in [0, 0.1) is 6.92 Å². The lowest BCUT2D eigenvalue weighted by molar-refractivity contribution is -0.148. The number of carboxylic acid groups (broad SMARTS) is 1. The number of nitrogens with zero attached hydrogens (tertiary/aromatic N) is 2. The summed E-state index contributed by atoms with van der Waals surface area (Å²) in [4.78, 5) is 26.3. The van der Waals surface area contributed by atoms with Crippen molar-refractivity contribution in [1.82, 2.24) is 15.2 Å². The number of hydrogen-bond acceptors (Lipinski definition) is 3. The molecule has 2 amide bonds. The van der Waals surface area contributed by atoms with Gasteiger partial charge in [0.2, 0.25) is 0 Å². The van der Waals surface area contributed by atoms with Gasteiger partial charge in [-0.05, 0) is 18.6 Å². The Morgan fingerprint density at radius 2 is 2.05 bits per heavy atom. The number of aliphatic carboxylic acids is 1. The van der Waals surface area contributed by atoms with Crippen LogP contribution in [-0.2, 0) is 11.3 Å². The van der Waals surface area contributed by atoms with Gasteiger partial charge in [-0.2, -0.15) is 13.2 Å². The van der Waals surface area contributed by atoms with Gasteiger partial charge in [0.25, 0.3) is 0 Å². The standard InChI is InChI=1S/C12H14F3N3O3/c1-8-2-3-9(4-16-8)5-17-11(21)18(6-10(19)20)7-12(13,14)15/h2-4H,5-7H2,1H3,(H,17,21)(H,19,20). The molecular formula is C12H14F3N3O3. The molecule has 0 radical (unpaired) electrons. The fraction of sp³-hybridized carbons (Fsp3) is 0.417. The van der Waals surface area contributed by atoms with Gasteiger partial charge in [-0.3, -0.25) is 9.78 Å². The van der Waals surface area contributed by atoms with E-state index in [0.717, 1.165) is 5.69 Å². The summed E-state index contributed by atoms with van der Waals surface area (Å²) >= 11 is 0. The fourth-order valence-electron chi connectivity index (χ4n) is 1.47. The molecule has 0 aliphatic carbocycles. The van der Waals surface area contributed by atoms with Crippen LogP contribution in [0.3, 0.4) is 0 Å². The van der Waals surface area contributed by atoms with Crippen molar-refractivity contribution in [2.45, 2.75) is 19.6 Å². The highest BCUT2D eigenvalue weighted by molar-refractivity contribution is 5.80. The second kappa shape index (κ2) is 6.91. The average Bonchev–Trinajstić information content (AvgIpc) is 2.34. The van der Waals surface area contributed by atoms with Crippen molar-refractivity contribution in [1.29, 1.82) is 0 Å². The summed E-state index contributed by atoms with van der Waals surface area (Å²) in [7, 11) is 0. The van der Waals surface area contributed by atoms with E-state index in [1.165, 1.54) is 6.20 Å². The molecule has 0 aliphatic rings. The van der Waals surface area contributed by atoms with Gasteiger partial charge in [-0.1, -0.05) is 6.07 Å². The number of aromatic nitrogens is 1. The largest absolute Gasteiger partial charge is 0.480 e. The van der Waals surface area contributed by atoms with Crippen LogP contribution in [0.15, 0.2) is 18.3 Å². The molecule has 21 heavy (non-hydrogen) atoms. The maximum absolute atomic E-state index is 12.3. The molecule has 1 rings (SSSR count). The van der Waals surface area contributed by atoms with Crippen LogP contribution in [0.4, 0.5) is 18.0 Å². The highest BCUT2D eigenvalue weighted by Gasteiger charge is 2.33. The lowest BCUT2D eigenvalue weighted by atomic mass is 10.2. The Morgan fingerprint density at radius 3 is 2.52 bits per heavy atom. The Bertz CT molecular complexity index is 503.